The molecule has 110 valence electrons. The van der Waals surface area contributed by atoms with Crippen molar-refractivity contribution in [3.63, 3.8) is 0 Å². The van der Waals surface area contributed by atoms with Gasteiger partial charge in [-0.3, -0.25) is 4.79 Å². The molecule has 2 fully saturated rings. The van der Waals surface area contributed by atoms with Crippen LogP contribution in [0.5, 0.6) is 0 Å². The fourth-order valence-electron chi connectivity index (χ4n) is 2.80. The summed E-state index contributed by atoms with van der Waals surface area (Å²) < 4.78 is 10.8. The Balaban J connectivity index is 1.63. The standard InChI is InChI=1S/C14H25NO4/c1-3-18-12-6-11(7-12)8-13(16)15-9-14(17)4-5-19-10(14)2/h10-12,17H,3-9H2,1-2H3,(H,15,16). The van der Waals surface area contributed by atoms with Crippen molar-refractivity contribution < 1.29 is 19.4 Å². The van der Waals surface area contributed by atoms with Gasteiger partial charge in [-0.1, -0.05) is 0 Å². The molecule has 1 aliphatic carbocycles. The Hall–Kier alpha value is -0.650. The maximum absolute atomic E-state index is 11.8. The van der Waals surface area contributed by atoms with Crippen molar-refractivity contribution in [3.8, 4) is 0 Å². The number of carbonyl (C=O) groups is 1. The highest BCUT2D eigenvalue weighted by Crippen LogP contribution is 2.32. The van der Waals surface area contributed by atoms with E-state index in [1.54, 1.807) is 0 Å². The maximum atomic E-state index is 11.8. The molecule has 2 unspecified atom stereocenters. The van der Waals surface area contributed by atoms with Crippen molar-refractivity contribution in [2.45, 2.75) is 57.3 Å². The molecule has 5 heteroatoms. The lowest BCUT2D eigenvalue weighted by molar-refractivity contribution is -0.126. The Morgan fingerprint density at radius 2 is 2.26 bits per heavy atom. The molecule has 1 amide bonds. The van der Waals surface area contributed by atoms with Gasteiger partial charge in [-0.05, 0) is 32.6 Å². The van der Waals surface area contributed by atoms with Crippen molar-refractivity contribution in [2.75, 3.05) is 19.8 Å². The maximum Gasteiger partial charge on any atom is 0.220 e. The normalized spacial score (nSPS) is 37.9. The van der Waals surface area contributed by atoms with Crippen LogP contribution in [0.2, 0.25) is 0 Å². The quantitative estimate of drug-likeness (QED) is 0.751. The second kappa shape index (κ2) is 6.20. The van der Waals surface area contributed by atoms with Crippen LogP contribution in [-0.2, 0) is 14.3 Å². The van der Waals surface area contributed by atoms with Crippen molar-refractivity contribution in [2.24, 2.45) is 5.92 Å². The van der Waals surface area contributed by atoms with E-state index in [4.69, 9.17) is 9.47 Å². The number of rotatable bonds is 6. The van der Waals surface area contributed by atoms with Gasteiger partial charge >= 0.3 is 0 Å². The van der Waals surface area contributed by atoms with Gasteiger partial charge in [-0.15, -0.1) is 0 Å². The first kappa shape index (κ1) is 14.8. The van der Waals surface area contributed by atoms with Crippen molar-refractivity contribution in [1.29, 1.82) is 0 Å². The Kier molecular flexibility index (Phi) is 4.81. The Bertz CT molecular complexity index is 317. The van der Waals surface area contributed by atoms with Crippen LogP contribution in [0.15, 0.2) is 0 Å². The van der Waals surface area contributed by atoms with E-state index in [0.717, 1.165) is 19.4 Å². The molecule has 0 spiro atoms. The van der Waals surface area contributed by atoms with E-state index in [2.05, 4.69) is 5.32 Å². The molecule has 0 aromatic heterocycles. The number of nitrogens with one attached hydrogen (secondary N) is 1. The highest BCUT2D eigenvalue weighted by atomic mass is 16.5. The highest BCUT2D eigenvalue weighted by Gasteiger charge is 2.40. The van der Waals surface area contributed by atoms with Gasteiger partial charge in [0.25, 0.3) is 0 Å². The van der Waals surface area contributed by atoms with Crippen molar-refractivity contribution >= 4 is 5.91 Å². The number of amides is 1. The van der Waals surface area contributed by atoms with Gasteiger partial charge in [-0.2, -0.15) is 0 Å². The van der Waals surface area contributed by atoms with E-state index in [1.165, 1.54) is 0 Å². The number of aliphatic hydroxyl groups is 1. The number of hydrogen-bond donors (Lipinski definition) is 2. The summed E-state index contributed by atoms with van der Waals surface area (Å²) in [5.74, 6) is 0.455. The Morgan fingerprint density at radius 3 is 2.84 bits per heavy atom. The molecule has 2 atom stereocenters. The predicted octanol–water partition coefficient (Wildman–Crippen LogP) is 0.848. The molecule has 5 nitrogen and oxygen atoms in total. The molecule has 2 rings (SSSR count). The predicted molar refractivity (Wildman–Crippen MR) is 70.7 cm³/mol. The number of carbonyl (C=O) groups excluding carboxylic acids is 1. The van der Waals surface area contributed by atoms with Gasteiger partial charge < -0.3 is 19.9 Å². The monoisotopic (exact) mass is 271 g/mol. The Labute approximate surface area is 114 Å². The molecule has 1 heterocycles. The summed E-state index contributed by atoms with van der Waals surface area (Å²) in [6, 6.07) is 0. The Morgan fingerprint density at radius 1 is 1.53 bits per heavy atom. The number of hydrogen-bond acceptors (Lipinski definition) is 4. The summed E-state index contributed by atoms with van der Waals surface area (Å²) in [7, 11) is 0. The fourth-order valence-corrected chi connectivity index (χ4v) is 2.80. The van der Waals surface area contributed by atoms with Crippen LogP contribution in [0.25, 0.3) is 0 Å². The zero-order valence-corrected chi connectivity index (χ0v) is 11.9. The first-order valence-electron chi connectivity index (χ1n) is 7.26. The van der Waals surface area contributed by atoms with Crippen LogP contribution >= 0.6 is 0 Å². The molecular weight excluding hydrogens is 246 g/mol. The third-order valence-electron chi connectivity index (χ3n) is 4.32. The third-order valence-corrected chi connectivity index (χ3v) is 4.32. The van der Waals surface area contributed by atoms with E-state index in [0.29, 0.717) is 31.5 Å². The molecule has 0 radical (unpaired) electrons. The van der Waals surface area contributed by atoms with Gasteiger partial charge in [0.2, 0.25) is 5.91 Å². The minimum absolute atomic E-state index is 0.0208. The molecule has 0 aromatic rings. The lowest BCUT2D eigenvalue weighted by Crippen LogP contribution is -2.48. The molecule has 0 aromatic carbocycles. The van der Waals surface area contributed by atoms with Gasteiger partial charge in [0.15, 0.2) is 0 Å². The second-order valence-electron chi connectivity index (χ2n) is 5.76. The van der Waals surface area contributed by atoms with Gasteiger partial charge in [0.05, 0.1) is 12.2 Å². The summed E-state index contributed by atoms with van der Waals surface area (Å²) in [5.41, 5.74) is -0.900. The SMILES string of the molecule is CCOC1CC(CC(=O)NCC2(O)CCOC2C)C1. The summed E-state index contributed by atoms with van der Waals surface area (Å²) >= 11 is 0. The average molecular weight is 271 g/mol. The minimum atomic E-state index is -0.900. The summed E-state index contributed by atoms with van der Waals surface area (Å²) in [4.78, 5) is 11.8. The van der Waals surface area contributed by atoms with E-state index < -0.39 is 5.60 Å². The highest BCUT2D eigenvalue weighted by molar-refractivity contribution is 5.76. The first-order valence-corrected chi connectivity index (χ1v) is 7.26. The van der Waals surface area contributed by atoms with Crippen LogP contribution in [0.3, 0.4) is 0 Å². The van der Waals surface area contributed by atoms with Crippen LogP contribution in [0.1, 0.15) is 39.5 Å². The smallest absolute Gasteiger partial charge is 0.220 e. The van der Waals surface area contributed by atoms with Gasteiger partial charge in [-0.25, -0.2) is 0 Å². The molecule has 1 aliphatic heterocycles. The molecule has 2 aliphatic rings. The molecule has 2 N–H and O–H groups in total. The minimum Gasteiger partial charge on any atom is -0.385 e. The third kappa shape index (κ3) is 3.68. The lowest BCUT2D eigenvalue weighted by atomic mass is 9.80. The van der Waals surface area contributed by atoms with Crippen molar-refractivity contribution in [1.82, 2.24) is 5.32 Å². The average Bonchev–Trinajstić information content (AvgIpc) is 2.65. The summed E-state index contributed by atoms with van der Waals surface area (Å²) in [6.45, 7) is 5.43. The zero-order valence-electron chi connectivity index (χ0n) is 11.9. The van der Waals surface area contributed by atoms with Gasteiger partial charge in [0, 0.05) is 32.6 Å². The lowest BCUT2D eigenvalue weighted by Gasteiger charge is -2.34. The van der Waals surface area contributed by atoms with Crippen LogP contribution in [0.4, 0.5) is 0 Å². The summed E-state index contributed by atoms with van der Waals surface area (Å²) in [5, 5.41) is 13.1. The fraction of sp³-hybridized carbons (Fsp3) is 0.929. The second-order valence-corrected chi connectivity index (χ2v) is 5.76. The van der Waals surface area contributed by atoms with E-state index >= 15 is 0 Å². The van der Waals surface area contributed by atoms with E-state index in [-0.39, 0.29) is 18.6 Å². The first-order chi connectivity index (χ1) is 9.03. The zero-order chi connectivity index (χ0) is 13.9. The number of ether oxygens (including phenoxy) is 2. The summed E-state index contributed by atoms with van der Waals surface area (Å²) in [6.07, 6.45) is 3.21. The van der Waals surface area contributed by atoms with E-state index in [1.807, 2.05) is 13.8 Å². The molecular formula is C14H25NO4. The van der Waals surface area contributed by atoms with E-state index in [9.17, 15) is 9.90 Å². The van der Waals surface area contributed by atoms with Crippen LogP contribution in [-0.4, -0.2) is 48.6 Å². The van der Waals surface area contributed by atoms with Crippen molar-refractivity contribution in [3.05, 3.63) is 0 Å². The largest absolute Gasteiger partial charge is 0.385 e. The molecule has 1 saturated heterocycles. The molecule has 19 heavy (non-hydrogen) atoms. The molecule has 0 bridgehead atoms. The van der Waals surface area contributed by atoms with Crippen LogP contribution < -0.4 is 5.32 Å². The van der Waals surface area contributed by atoms with Crippen LogP contribution in [0, 0.1) is 5.92 Å². The molecule has 1 saturated carbocycles. The topological polar surface area (TPSA) is 67.8 Å². The van der Waals surface area contributed by atoms with Gasteiger partial charge in [0.1, 0.15) is 5.60 Å².